The molecule has 2 saturated carbocycles. The summed E-state index contributed by atoms with van der Waals surface area (Å²) >= 11 is 0. The van der Waals surface area contributed by atoms with E-state index in [4.69, 9.17) is 0 Å². The summed E-state index contributed by atoms with van der Waals surface area (Å²) in [7, 11) is 0. The van der Waals surface area contributed by atoms with Crippen LogP contribution in [0, 0.1) is 11.8 Å². The van der Waals surface area contributed by atoms with Gasteiger partial charge in [-0.2, -0.15) is 0 Å². The fourth-order valence-electron chi connectivity index (χ4n) is 3.84. The summed E-state index contributed by atoms with van der Waals surface area (Å²) in [6, 6.07) is 12.3. The van der Waals surface area contributed by atoms with E-state index < -0.39 is 0 Å². The predicted octanol–water partition coefficient (Wildman–Crippen LogP) is 3.40. The van der Waals surface area contributed by atoms with Crippen LogP contribution in [-0.4, -0.2) is 12.1 Å². The molecule has 0 aromatic heterocycles. The van der Waals surface area contributed by atoms with Gasteiger partial charge in [0.15, 0.2) is 0 Å². The van der Waals surface area contributed by atoms with Crippen molar-refractivity contribution in [3.05, 3.63) is 35.9 Å². The summed E-state index contributed by atoms with van der Waals surface area (Å²) in [5, 5.41) is 3.86. The summed E-state index contributed by atoms with van der Waals surface area (Å²) in [6.07, 6.45) is 7.06. The monoisotopic (exact) mass is 229 g/mol. The first-order valence-electron chi connectivity index (χ1n) is 7.11. The van der Waals surface area contributed by atoms with Gasteiger partial charge in [-0.1, -0.05) is 36.8 Å². The van der Waals surface area contributed by atoms with Crippen LogP contribution in [0.4, 0.5) is 0 Å². The topological polar surface area (TPSA) is 12.0 Å². The lowest BCUT2D eigenvalue weighted by atomic mass is 9.94. The first-order chi connectivity index (χ1) is 8.31. The van der Waals surface area contributed by atoms with Crippen LogP contribution < -0.4 is 5.32 Å². The van der Waals surface area contributed by atoms with Gasteiger partial charge >= 0.3 is 0 Å². The van der Waals surface area contributed by atoms with E-state index in [1.54, 1.807) is 0 Å². The highest BCUT2D eigenvalue weighted by molar-refractivity contribution is 5.15. The quantitative estimate of drug-likeness (QED) is 0.834. The first kappa shape index (κ1) is 11.3. The minimum Gasteiger partial charge on any atom is -0.311 e. The van der Waals surface area contributed by atoms with Crippen LogP contribution in [0.5, 0.6) is 0 Å². The van der Waals surface area contributed by atoms with Gasteiger partial charge in [-0.25, -0.2) is 0 Å². The number of fused-ring (bicyclic) bond motifs is 2. The Balaban J connectivity index is 1.52. The van der Waals surface area contributed by atoms with Gasteiger partial charge in [0, 0.05) is 12.1 Å². The van der Waals surface area contributed by atoms with Gasteiger partial charge in [0.1, 0.15) is 0 Å². The molecule has 0 radical (unpaired) electrons. The van der Waals surface area contributed by atoms with Crippen molar-refractivity contribution >= 4 is 0 Å². The van der Waals surface area contributed by atoms with E-state index >= 15 is 0 Å². The first-order valence-corrected chi connectivity index (χ1v) is 7.11. The highest BCUT2D eigenvalue weighted by Crippen LogP contribution is 2.44. The van der Waals surface area contributed by atoms with Crippen LogP contribution >= 0.6 is 0 Å². The van der Waals surface area contributed by atoms with Gasteiger partial charge in [0.05, 0.1) is 0 Å². The maximum atomic E-state index is 3.86. The van der Waals surface area contributed by atoms with Crippen molar-refractivity contribution in [2.75, 3.05) is 0 Å². The van der Waals surface area contributed by atoms with Crippen LogP contribution in [-0.2, 0) is 6.42 Å². The van der Waals surface area contributed by atoms with Crippen molar-refractivity contribution in [2.24, 2.45) is 11.8 Å². The minimum atomic E-state index is 0.613. The molecule has 1 aromatic carbocycles. The average Bonchev–Trinajstić information content (AvgIpc) is 2.92. The lowest BCUT2D eigenvalue weighted by Crippen LogP contribution is -2.40. The van der Waals surface area contributed by atoms with E-state index in [2.05, 4.69) is 42.6 Å². The average molecular weight is 229 g/mol. The third-order valence-corrected chi connectivity index (χ3v) is 4.62. The molecule has 3 rings (SSSR count). The molecular weight excluding hydrogens is 206 g/mol. The second-order valence-corrected chi connectivity index (χ2v) is 6.04. The standard InChI is InChI=1S/C16H23N/c1-12(9-13-5-3-2-4-6-13)17-16-11-14-7-8-15(16)10-14/h2-6,12,14-17H,7-11H2,1H3/t12-,14-,15-,16+/m0/s1. The van der Waals surface area contributed by atoms with Gasteiger partial charge in [0.25, 0.3) is 0 Å². The Morgan fingerprint density at radius 2 is 2.00 bits per heavy atom. The number of rotatable bonds is 4. The molecule has 0 amide bonds. The summed E-state index contributed by atoms with van der Waals surface area (Å²) in [5.41, 5.74) is 1.45. The van der Waals surface area contributed by atoms with E-state index in [0.29, 0.717) is 6.04 Å². The molecule has 0 heterocycles. The molecule has 2 aliphatic carbocycles. The fourth-order valence-corrected chi connectivity index (χ4v) is 3.84. The van der Waals surface area contributed by atoms with Crippen LogP contribution in [0.2, 0.25) is 0 Å². The second kappa shape index (κ2) is 4.81. The van der Waals surface area contributed by atoms with E-state index in [9.17, 15) is 0 Å². The van der Waals surface area contributed by atoms with Crippen LogP contribution in [0.15, 0.2) is 30.3 Å². The molecule has 0 saturated heterocycles. The molecule has 0 aliphatic heterocycles. The van der Waals surface area contributed by atoms with Crippen molar-refractivity contribution in [1.29, 1.82) is 0 Å². The molecule has 2 aliphatic rings. The number of benzene rings is 1. The van der Waals surface area contributed by atoms with Crippen LogP contribution in [0.25, 0.3) is 0 Å². The summed E-state index contributed by atoms with van der Waals surface area (Å²) in [4.78, 5) is 0. The molecule has 0 spiro atoms. The van der Waals surface area contributed by atoms with Crippen molar-refractivity contribution < 1.29 is 0 Å². The number of nitrogens with one attached hydrogen (secondary N) is 1. The summed E-state index contributed by atoms with van der Waals surface area (Å²) < 4.78 is 0. The Hall–Kier alpha value is -0.820. The number of hydrogen-bond donors (Lipinski definition) is 1. The van der Waals surface area contributed by atoms with Gasteiger partial charge < -0.3 is 5.32 Å². The van der Waals surface area contributed by atoms with Crippen LogP contribution in [0.1, 0.15) is 38.2 Å². The predicted molar refractivity (Wildman–Crippen MR) is 72.0 cm³/mol. The lowest BCUT2D eigenvalue weighted by Gasteiger charge is -2.27. The Morgan fingerprint density at radius 1 is 1.18 bits per heavy atom. The van der Waals surface area contributed by atoms with E-state index in [1.165, 1.54) is 31.2 Å². The third kappa shape index (κ3) is 2.55. The zero-order chi connectivity index (χ0) is 11.7. The van der Waals surface area contributed by atoms with Crippen molar-refractivity contribution in [1.82, 2.24) is 5.32 Å². The molecule has 1 N–H and O–H groups in total. The maximum Gasteiger partial charge on any atom is 0.0101 e. The molecule has 2 fully saturated rings. The van der Waals surface area contributed by atoms with Crippen molar-refractivity contribution in [2.45, 2.75) is 51.1 Å². The minimum absolute atomic E-state index is 0.613. The highest BCUT2D eigenvalue weighted by atomic mass is 15.0. The Morgan fingerprint density at radius 3 is 2.65 bits per heavy atom. The highest BCUT2D eigenvalue weighted by Gasteiger charge is 2.39. The molecule has 1 aromatic rings. The Bertz CT molecular complexity index is 359. The third-order valence-electron chi connectivity index (χ3n) is 4.62. The second-order valence-electron chi connectivity index (χ2n) is 6.04. The van der Waals surface area contributed by atoms with Crippen LogP contribution in [0.3, 0.4) is 0 Å². The van der Waals surface area contributed by atoms with Gasteiger partial charge in [-0.15, -0.1) is 0 Å². The molecule has 17 heavy (non-hydrogen) atoms. The molecule has 92 valence electrons. The van der Waals surface area contributed by atoms with Gasteiger partial charge in [-0.3, -0.25) is 0 Å². The summed E-state index contributed by atoms with van der Waals surface area (Å²) in [6.45, 7) is 2.33. The Labute approximate surface area is 105 Å². The molecule has 1 nitrogen and oxygen atoms in total. The molecule has 0 unspecified atom stereocenters. The zero-order valence-corrected chi connectivity index (χ0v) is 10.7. The van der Waals surface area contributed by atoms with E-state index in [-0.39, 0.29) is 0 Å². The molecule has 2 bridgehead atoms. The van der Waals surface area contributed by atoms with Gasteiger partial charge in [-0.05, 0) is 50.0 Å². The lowest BCUT2D eigenvalue weighted by molar-refractivity contribution is 0.323. The van der Waals surface area contributed by atoms with E-state index in [1.807, 2.05) is 0 Å². The number of hydrogen-bond acceptors (Lipinski definition) is 1. The van der Waals surface area contributed by atoms with Crippen molar-refractivity contribution in [3.8, 4) is 0 Å². The normalized spacial score (nSPS) is 32.9. The van der Waals surface area contributed by atoms with Gasteiger partial charge in [0.2, 0.25) is 0 Å². The molecule has 1 heteroatoms. The summed E-state index contributed by atoms with van der Waals surface area (Å²) in [5.74, 6) is 2.03. The maximum absolute atomic E-state index is 3.86. The SMILES string of the molecule is C[C@@H](Cc1ccccc1)N[C@@H]1C[C@H]2CC[C@H]1C2. The molecular formula is C16H23N. The van der Waals surface area contributed by atoms with Crippen molar-refractivity contribution in [3.63, 3.8) is 0 Å². The molecule has 4 atom stereocenters. The fraction of sp³-hybridized carbons (Fsp3) is 0.625. The smallest absolute Gasteiger partial charge is 0.0101 e. The zero-order valence-electron chi connectivity index (χ0n) is 10.7. The van der Waals surface area contributed by atoms with E-state index in [0.717, 1.165) is 24.3 Å². The largest absolute Gasteiger partial charge is 0.311 e. The Kier molecular flexibility index (Phi) is 3.19.